The summed E-state index contributed by atoms with van der Waals surface area (Å²) >= 11 is 9.43. The average molecular weight is 421 g/mol. The molecule has 3 aromatic rings. The van der Waals surface area contributed by atoms with Gasteiger partial charge in [0.15, 0.2) is 0 Å². The predicted octanol–water partition coefficient (Wildman–Crippen LogP) is 3.40. The molecule has 0 saturated heterocycles. The fourth-order valence-electron chi connectivity index (χ4n) is 2.20. The quantitative estimate of drug-likeness (QED) is 0.637. The first-order valence-corrected chi connectivity index (χ1v) is 8.28. The van der Waals surface area contributed by atoms with Gasteiger partial charge in [-0.05, 0) is 40.2 Å². The summed E-state index contributed by atoms with van der Waals surface area (Å²) in [6.07, 6.45) is 1.20. The van der Waals surface area contributed by atoms with Crippen LogP contribution in [0.1, 0.15) is 5.56 Å². The van der Waals surface area contributed by atoms with Gasteiger partial charge in [-0.15, -0.1) is 0 Å². The van der Waals surface area contributed by atoms with E-state index in [4.69, 9.17) is 11.6 Å². The molecule has 126 valence electrons. The summed E-state index contributed by atoms with van der Waals surface area (Å²) in [6, 6.07) is 13.6. The molecule has 0 radical (unpaired) electrons. The number of para-hydroxylation sites is 2. The molecule has 6 nitrogen and oxygen atoms in total. The number of hydrogen-bond acceptors (Lipinski definition) is 4. The second kappa shape index (κ2) is 7.08. The maximum Gasteiger partial charge on any atom is 0.335 e. The van der Waals surface area contributed by atoms with Crippen molar-refractivity contribution in [2.45, 2.75) is 0 Å². The number of H-pyrrole nitrogens is 1. The van der Waals surface area contributed by atoms with Crippen molar-refractivity contribution in [1.29, 1.82) is 0 Å². The average Bonchev–Trinajstić information content (AvgIpc) is 2.57. The van der Waals surface area contributed by atoms with E-state index in [-0.39, 0.29) is 16.3 Å². The Morgan fingerprint density at radius 1 is 1.12 bits per heavy atom. The van der Waals surface area contributed by atoms with Crippen LogP contribution in [-0.2, 0) is 0 Å². The molecule has 0 atom stereocenters. The van der Waals surface area contributed by atoms with Gasteiger partial charge in [-0.2, -0.15) is 0 Å². The number of nitrogens with zero attached hydrogens (tertiary/aromatic N) is 2. The highest BCUT2D eigenvalue weighted by Gasteiger charge is 2.16. The summed E-state index contributed by atoms with van der Waals surface area (Å²) in [7, 11) is 0. The second-order valence-corrected chi connectivity index (χ2v) is 6.25. The van der Waals surface area contributed by atoms with Gasteiger partial charge in [-0.3, -0.25) is 14.8 Å². The third kappa shape index (κ3) is 3.42. The summed E-state index contributed by atoms with van der Waals surface area (Å²) in [5.74, 6) is -0.544. The molecule has 2 N–H and O–H groups in total. The molecule has 0 amide bonds. The van der Waals surface area contributed by atoms with Gasteiger partial charge < -0.3 is 5.11 Å². The molecular formula is C17H11BrClN3O3. The topological polar surface area (TPSA) is 87.5 Å². The molecule has 0 aliphatic rings. The minimum atomic E-state index is -0.798. The van der Waals surface area contributed by atoms with E-state index < -0.39 is 17.1 Å². The number of aliphatic imine (C=N–C) groups is 1. The van der Waals surface area contributed by atoms with Crippen LogP contribution >= 0.6 is 27.5 Å². The largest absolute Gasteiger partial charge is 0.493 e. The first-order valence-electron chi connectivity index (χ1n) is 7.11. The number of aromatic hydroxyl groups is 1. The molecule has 2 aromatic carbocycles. The number of halogens is 2. The molecule has 0 unspecified atom stereocenters. The Morgan fingerprint density at radius 2 is 1.80 bits per heavy atom. The number of hydrogen-bond donors (Lipinski definition) is 2. The van der Waals surface area contributed by atoms with Crippen molar-refractivity contribution >= 4 is 39.4 Å². The molecule has 1 aromatic heterocycles. The number of nitrogens with one attached hydrogen (secondary N) is 1. The molecule has 25 heavy (non-hydrogen) atoms. The van der Waals surface area contributed by atoms with Gasteiger partial charge in [-0.1, -0.05) is 35.9 Å². The Hall–Kier alpha value is -2.64. The van der Waals surface area contributed by atoms with Crippen LogP contribution in [0.5, 0.6) is 5.88 Å². The van der Waals surface area contributed by atoms with Crippen molar-refractivity contribution in [1.82, 2.24) is 9.55 Å². The zero-order valence-corrected chi connectivity index (χ0v) is 15.0. The van der Waals surface area contributed by atoms with E-state index >= 15 is 0 Å². The highest BCUT2D eigenvalue weighted by atomic mass is 79.9. The lowest BCUT2D eigenvalue weighted by Gasteiger charge is -2.10. The van der Waals surface area contributed by atoms with Crippen LogP contribution in [0.25, 0.3) is 5.69 Å². The third-order valence-electron chi connectivity index (χ3n) is 3.40. The lowest BCUT2D eigenvalue weighted by molar-refractivity contribution is 0.430. The highest BCUT2D eigenvalue weighted by Crippen LogP contribution is 2.25. The van der Waals surface area contributed by atoms with E-state index in [9.17, 15) is 14.7 Å². The number of aromatic amines is 1. The van der Waals surface area contributed by atoms with Crippen molar-refractivity contribution < 1.29 is 5.11 Å². The maximum absolute atomic E-state index is 12.1. The lowest BCUT2D eigenvalue weighted by atomic mass is 10.2. The number of benzene rings is 2. The van der Waals surface area contributed by atoms with E-state index in [0.29, 0.717) is 5.69 Å². The number of rotatable bonds is 3. The molecule has 0 saturated carbocycles. The SMILES string of the molecule is O=c1[nH]c(=O)n(-c2ccccc2Cl)c(O)c1C=Nc1ccccc1Br. The molecule has 0 bridgehead atoms. The van der Waals surface area contributed by atoms with Crippen LogP contribution in [0.2, 0.25) is 5.02 Å². The molecule has 0 fully saturated rings. The summed E-state index contributed by atoms with van der Waals surface area (Å²) in [5, 5.41) is 10.7. The fraction of sp³-hybridized carbons (Fsp3) is 0. The minimum Gasteiger partial charge on any atom is -0.493 e. The Balaban J connectivity index is 2.18. The van der Waals surface area contributed by atoms with Gasteiger partial charge in [0.1, 0.15) is 5.56 Å². The van der Waals surface area contributed by atoms with E-state index in [1.54, 1.807) is 42.5 Å². The summed E-state index contributed by atoms with van der Waals surface area (Å²) in [4.78, 5) is 30.5. The van der Waals surface area contributed by atoms with Gasteiger partial charge >= 0.3 is 5.69 Å². The summed E-state index contributed by atoms with van der Waals surface area (Å²) in [5.41, 5.74) is -0.888. The van der Waals surface area contributed by atoms with Gasteiger partial charge in [0.25, 0.3) is 5.56 Å². The Morgan fingerprint density at radius 3 is 2.52 bits per heavy atom. The Kier molecular flexibility index (Phi) is 4.87. The van der Waals surface area contributed by atoms with E-state index in [1.807, 2.05) is 6.07 Å². The predicted molar refractivity (Wildman–Crippen MR) is 101 cm³/mol. The van der Waals surface area contributed by atoms with Crippen molar-refractivity contribution in [2.24, 2.45) is 4.99 Å². The standard InChI is InChI=1S/C17H11BrClN3O3/c18-11-5-1-3-7-13(11)20-9-10-15(23)21-17(25)22(16(10)24)14-8-4-2-6-12(14)19/h1-9,24H,(H,21,23,25). The molecule has 0 aliphatic heterocycles. The van der Waals surface area contributed by atoms with Crippen LogP contribution in [-0.4, -0.2) is 20.9 Å². The van der Waals surface area contributed by atoms with Crippen LogP contribution < -0.4 is 11.2 Å². The third-order valence-corrected chi connectivity index (χ3v) is 4.39. The smallest absolute Gasteiger partial charge is 0.335 e. The molecule has 1 heterocycles. The zero-order valence-electron chi connectivity index (χ0n) is 12.6. The van der Waals surface area contributed by atoms with Crippen LogP contribution in [0, 0.1) is 0 Å². The zero-order chi connectivity index (χ0) is 18.0. The summed E-state index contributed by atoms with van der Waals surface area (Å²) in [6.45, 7) is 0. The monoisotopic (exact) mass is 419 g/mol. The highest BCUT2D eigenvalue weighted by molar-refractivity contribution is 9.10. The first-order chi connectivity index (χ1) is 12.0. The van der Waals surface area contributed by atoms with Gasteiger partial charge in [0.05, 0.1) is 16.4 Å². The van der Waals surface area contributed by atoms with Crippen LogP contribution in [0.4, 0.5) is 5.69 Å². The van der Waals surface area contributed by atoms with Crippen molar-refractivity contribution in [3.05, 3.63) is 84.4 Å². The van der Waals surface area contributed by atoms with Gasteiger partial charge in [-0.25, -0.2) is 9.36 Å². The molecule has 0 spiro atoms. The van der Waals surface area contributed by atoms with E-state index in [2.05, 4.69) is 25.9 Å². The molecule has 3 rings (SSSR count). The lowest BCUT2D eigenvalue weighted by Crippen LogP contribution is -2.31. The van der Waals surface area contributed by atoms with Crippen LogP contribution in [0.3, 0.4) is 0 Å². The fourth-order valence-corrected chi connectivity index (χ4v) is 2.81. The van der Waals surface area contributed by atoms with Crippen molar-refractivity contribution in [3.63, 3.8) is 0 Å². The van der Waals surface area contributed by atoms with E-state index in [1.165, 1.54) is 6.21 Å². The van der Waals surface area contributed by atoms with Crippen molar-refractivity contribution in [3.8, 4) is 11.6 Å². The van der Waals surface area contributed by atoms with Gasteiger partial charge in [0, 0.05) is 10.7 Å². The molecule has 0 aliphatic carbocycles. The minimum absolute atomic E-state index is 0.157. The second-order valence-electron chi connectivity index (χ2n) is 4.99. The number of aromatic nitrogens is 2. The summed E-state index contributed by atoms with van der Waals surface area (Å²) < 4.78 is 1.65. The maximum atomic E-state index is 12.1. The van der Waals surface area contributed by atoms with E-state index in [0.717, 1.165) is 9.04 Å². The Bertz CT molecular complexity index is 1090. The van der Waals surface area contributed by atoms with Crippen LogP contribution in [0.15, 0.2) is 67.6 Å². The van der Waals surface area contributed by atoms with Gasteiger partial charge in [0.2, 0.25) is 5.88 Å². The first kappa shape index (κ1) is 17.2. The normalized spacial score (nSPS) is 11.1. The molecular weight excluding hydrogens is 410 g/mol. The van der Waals surface area contributed by atoms with Crippen molar-refractivity contribution in [2.75, 3.05) is 0 Å². The molecule has 8 heteroatoms. The Labute approximate surface area is 155 Å².